The van der Waals surface area contributed by atoms with Crippen molar-refractivity contribution in [2.24, 2.45) is 0 Å². The van der Waals surface area contributed by atoms with Gasteiger partial charge in [-0.25, -0.2) is 4.98 Å². The van der Waals surface area contributed by atoms with E-state index in [2.05, 4.69) is 10.4 Å². The fraction of sp³-hybridized carbons (Fsp3) is 0.200. The number of aromatic nitrogens is 2. The molecule has 2 N–H and O–H groups in total. The van der Waals surface area contributed by atoms with Crippen LogP contribution in [0.1, 0.15) is 12.7 Å². The van der Waals surface area contributed by atoms with Crippen molar-refractivity contribution in [3.8, 4) is 0 Å². The van der Waals surface area contributed by atoms with Gasteiger partial charge < -0.3 is 0 Å². The van der Waals surface area contributed by atoms with Gasteiger partial charge in [-0.1, -0.05) is 12.1 Å². The third kappa shape index (κ3) is 1.35. The molecule has 0 radical (unpaired) electrons. The SMILES string of the molecule is CC(=O)N[n+]1c(C)[nH]c2ccccc21. The number of aryl methyl sites for hydroxylation is 1. The maximum atomic E-state index is 11.0. The van der Waals surface area contributed by atoms with Crippen LogP contribution >= 0.6 is 0 Å². The van der Waals surface area contributed by atoms with Crippen molar-refractivity contribution in [2.45, 2.75) is 13.8 Å². The van der Waals surface area contributed by atoms with Crippen molar-refractivity contribution in [3.05, 3.63) is 30.1 Å². The molecule has 0 aliphatic rings. The van der Waals surface area contributed by atoms with Gasteiger partial charge in [-0.3, -0.25) is 4.79 Å². The largest absolute Gasteiger partial charge is 0.275 e. The lowest BCUT2D eigenvalue weighted by atomic mass is 10.3. The highest BCUT2D eigenvalue weighted by atomic mass is 16.2. The number of rotatable bonds is 1. The minimum absolute atomic E-state index is 0.0807. The number of imidazole rings is 1. The molecule has 0 bridgehead atoms. The predicted molar refractivity (Wildman–Crippen MR) is 53.3 cm³/mol. The smallest absolute Gasteiger partial charge is 0.272 e. The quantitative estimate of drug-likeness (QED) is 0.643. The van der Waals surface area contributed by atoms with Gasteiger partial charge in [0.05, 0.1) is 0 Å². The molecule has 0 atom stereocenters. The van der Waals surface area contributed by atoms with Crippen molar-refractivity contribution in [1.29, 1.82) is 0 Å². The van der Waals surface area contributed by atoms with Crippen LogP contribution in [0.3, 0.4) is 0 Å². The molecule has 4 nitrogen and oxygen atoms in total. The average Bonchev–Trinajstić information content (AvgIpc) is 2.43. The van der Waals surface area contributed by atoms with Crippen LogP contribution in [-0.2, 0) is 4.79 Å². The molecule has 1 amide bonds. The average molecular weight is 190 g/mol. The summed E-state index contributed by atoms with van der Waals surface area (Å²) in [6.07, 6.45) is 0. The van der Waals surface area contributed by atoms with Gasteiger partial charge in [0.15, 0.2) is 11.0 Å². The molecule has 1 heterocycles. The number of H-pyrrole nitrogens is 1. The molecule has 2 rings (SSSR count). The highest BCUT2D eigenvalue weighted by Gasteiger charge is 2.14. The maximum absolute atomic E-state index is 11.0. The monoisotopic (exact) mass is 190 g/mol. The number of carbonyl (C=O) groups is 1. The summed E-state index contributed by atoms with van der Waals surface area (Å²) in [6.45, 7) is 3.41. The Labute approximate surface area is 81.5 Å². The minimum atomic E-state index is -0.0807. The molecule has 1 aromatic carbocycles. The second-order valence-electron chi connectivity index (χ2n) is 3.23. The summed E-state index contributed by atoms with van der Waals surface area (Å²) in [6, 6.07) is 7.82. The van der Waals surface area contributed by atoms with E-state index >= 15 is 0 Å². The van der Waals surface area contributed by atoms with Crippen molar-refractivity contribution in [3.63, 3.8) is 0 Å². The van der Waals surface area contributed by atoms with Gasteiger partial charge in [-0.15, -0.1) is 4.68 Å². The molecule has 0 aliphatic heterocycles. The summed E-state index contributed by atoms with van der Waals surface area (Å²) in [5.74, 6) is 0.823. The zero-order valence-corrected chi connectivity index (χ0v) is 8.16. The molecule has 0 saturated carbocycles. The van der Waals surface area contributed by atoms with Crippen LogP contribution in [-0.4, -0.2) is 10.9 Å². The van der Waals surface area contributed by atoms with E-state index in [9.17, 15) is 4.79 Å². The van der Waals surface area contributed by atoms with Crippen LogP contribution in [0.4, 0.5) is 0 Å². The van der Waals surface area contributed by atoms with Crippen LogP contribution in [0.5, 0.6) is 0 Å². The van der Waals surface area contributed by atoms with Crippen LogP contribution in [0.2, 0.25) is 0 Å². The molecule has 1 aromatic heterocycles. The van der Waals surface area contributed by atoms with Crippen molar-refractivity contribution in [2.75, 3.05) is 5.43 Å². The molecule has 72 valence electrons. The second-order valence-corrected chi connectivity index (χ2v) is 3.23. The van der Waals surface area contributed by atoms with Gasteiger partial charge in [-0.05, 0) is 12.1 Å². The number of nitrogens with one attached hydrogen (secondary N) is 2. The second kappa shape index (κ2) is 3.14. The van der Waals surface area contributed by atoms with Crippen molar-refractivity contribution < 1.29 is 9.47 Å². The summed E-state index contributed by atoms with van der Waals surface area (Å²) in [5.41, 5.74) is 4.73. The van der Waals surface area contributed by atoms with Gasteiger partial charge in [0.25, 0.3) is 11.7 Å². The Bertz CT molecular complexity index is 487. The number of para-hydroxylation sites is 2. The van der Waals surface area contributed by atoms with Gasteiger partial charge in [0.1, 0.15) is 0 Å². The lowest BCUT2D eigenvalue weighted by molar-refractivity contribution is -0.621. The molecule has 0 unspecified atom stereocenters. The van der Waals surface area contributed by atoms with E-state index in [1.807, 2.05) is 31.2 Å². The van der Waals surface area contributed by atoms with Crippen LogP contribution < -0.4 is 10.1 Å². The summed E-state index contributed by atoms with van der Waals surface area (Å²) in [5, 5.41) is 0. The Kier molecular flexibility index (Phi) is 1.96. The van der Waals surface area contributed by atoms with E-state index in [0.29, 0.717) is 0 Å². The molecule has 0 spiro atoms. The Balaban J connectivity index is 2.62. The number of amides is 1. The first-order chi connectivity index (χ1) is 6.68. The summed E-state index contributed by atoms with van der Waals surface area (Å²) >= 11 is 0. The number of benzene rings is 1. The first kappa shape index (κ1) is 8.74. The Morgan fingerprint density at radius 2 is 2.14 bits per heavy atom. The number of hydrogen-bond donors (Lipinski definition) is 2. The van der Waals surface area contributed by atoms with Crippen molar-refractivity contribution in [1.82, 2.24) is 4.98 Å². The standard InChI is InChI=1S/C10H11N3O/c1-7-11-9-5-3-4-6-10(9)13(7)12-8(2)14/h3-6H,1-2H3,(H,12,14)/p+1. The minimum Gasteiger partial charge on any atom is -0.272 e. The molecule has 2 aromatic rings. The Morgan fingerprint density at radius 3 is 2.86 bits per heavy atom. The molecular formula is C10H12N3O+. The van der Waals surface area contributed by atoms with Gasteiger partial charge in [-0.2, -0.15) is 5.43 Å². The summed E-state index contributed by atoms with van der Waals surface area (Å²) in [7, 11) is 0. The number of carbonyl (C=O) groups excluding carboxylic acids is 1. The predicted octanol–water partition coefficient (Wildman–Crippen LogP) is 0.854. The van der Waals surface area contributed by atoms with E-state index in [1.165, 1.54) is 6.92 Å². The normalized spacial score (nSPS) is 10.4. The molecule has 0 aliphatic carbocycles. The number of hydrogen-bond acceptors (Lipinski definition) is 1. The van der Waals surface area contributed by atoms with Gasteiger partial charge in [0.2, 0.25) is 0 Å². The topological polar surface area (TPSA) is 48.8 Å². The fourth-order valence-electron chi connectivity index (χ4n) is 1.51. The summed E-state index contributed by atoms with van der Waals surface area (Å²) < 4.78 is 1.75. The van der Waals surface area contributed by atoms with E-state index in [0.717, 1.165) is 16.9 Å². The summed E-state index contributed by atoms with van der Waals surface area (Å²) in [4.78, 5) is 14.1. The van der Waals surface area contributed by atoms with Crippen molar-refractivity contribution >= 4 is 16.9 Å². The highest BCUT2D eigenvalue weighted by molar-refractivity contribution is 5.80. The van der Waals surface area contributed by atoms with Gasteiger partial charge in [0, 0.05) is 13.8 Å². The van der Waals surface area contributed by atoms with E-state index < -0.39 is 0 Å². The van der Waals surface area contributed by atoms with Crippen LogP contribution in [0, 0.1) is 6.92 Å². The molecule has 14 heavy (non-hydrogen) atoms. The number of aromatic amines is 1. The Hall–Kier alpha value is -1.84. The highest BCUT2D eigenvalue weighted by Crippen LogP contribution is 2.06. The molecule has 0 saturated heterocycles. The van der Waals surface area contributed by atoms with E-state index in [1.54, 1.807) is 4.68 Å². The van der Waals surface area contributed by atoms with Crippen LogP contribution in [0.25, 0.3) is 11.0 Å². The lowest BCUT2D eigenvalue weighted by Crippen LogP contribution is -2.48. The number of nitrogens with zero attached hydrogens (tertiary/aromatic N) is 1. The van der Waals surface area contributed by atoms with E-state index in [4.69, 9.17) is 0 Å². The van der Waals surface area contributed by atoms with Gasteiger partial charge >= 0.3 is 0 Å². The molecule has 0 fully saturated rings. The van der Waals surface area contributed by atoms with E-state index in [-0.39, 0.29) is 5.91 Å². The first-order valence-electron chi connectivity index (χ1n) is 4.45. The Morgan fingerprint density at radius 1 is 1.43 bits per heavy atom. The molecule has 4 heteroatoms. The number of fused-ring (bicyclic) bond motifs is 1. The third-order valence-corrected chi connectivity index (χ3v) is 2.07. The van der Waals surface area contributed by atoms with Crippen LogP contribution in [0.15, 0.2) is 24.3 Å². The first-order valence-corrected chi connectivity index (χ1v) is 4.45. The zero-order chi connectivity index (χ0) is 10.1. The lowest BCUT2D eigenvalue weighted by Gasteiger charge is -1.97. The third-order valence-electron chi connectivity index (χ3n) is 2.07. The maximum Gasteiger partial charge on any atom is 0.275 e. The zero-order valence-electron chi connectivity index (χ0n) is 8.16. The molecular weight excluding hydrogens is 178 g/mol. The fourth-order valence-corrected chi connectivity index (χ4v) is 1.51.